The van der Waals surface area contributed by atoms with Crippen molar-refractivity contribution in [3.8, 4) is 0 Å². The first-order valence-corrected chi connectivity index (χ1v) is 7.26. The maximum Gasteiger partial charge on any atom is 0.269 e. The minimum Gasteiger partial charge on any atom is -0.387 e. The molecule has 0 aliphatic carbocycles. The monoisotopic (exact) mass is 370 g/mol. The van der Waals surface area contributed by atoms with Crippen LogP contribution in [0.5, 0.6) is 0 Å². The Labute approximate surface area is 134 Å². The van der Waals surface area contributed by atoms with Crippen LogP contribution in [0.25, 0.3) is 0 Å². The maximum absolute atomic E-state index is 10.6. The largest absolute Gasteiger partial charge is 0.387 e. The molecule has 0 radical (unpaired) electrons. The molecule has 2 aromatic rings. The molecule has 0 aliphatic rings. The van der Waals surface area contributed by atoms with Crippen LogP contribution in [0.3, 0.4) is 0 Å². The zero-order valence-corrected chi connectivity index (χ0v) is 13.1. The Morgan fingerprint density at radius 1 is 1.29 bits per heavy atom. The van der Waals surface area contributed by atoms with E-state index in [4.69, 9.17) is 11.6 Å². The molecule has 0 saturated heterocycles. The summed E-state index contributed by atoms with van der Waals surface area (Å²) in [4.78, 5) is 10.1. The van der Waals surface area contributed by atoms with Gasteiger partial charge in [-0.3, -0.25) is 10.1 Å². The van der Waals surface area contributed by atoms with E-state index in [2.05, 4.69) is 21.2 Å². The first kappa shape index (κ1) is 15.8. The highest BCUT2D eigenvalue weighted by Crippen LogP contribution is 2.26. The summed E-state index contributed by atoms with van der Waals surface area (Å²) in [6.07, 6.45) is -0.791. The molecule has 110 valence electrons. The Balaban J connectivity index is 2.02. The Morgan fingerprint density at radius 2 is 1.95 bits per heavy atom. The summed E-state index contributed by atoms with van der Waals surface area (Å²) in [6.45, 7) is 0.244. The van der Waals surface area contributed by atoms with E-state index in [1.807, 2.05) is 12.1 Å². The van der Waals surface area contributed by atoms with Crippen LogP contribution in [-0.4, -0.2) is 16.6 Å². The zero-order valence-electron chi connectivity index (χ0n) is 10.8. The summed E-state index contributed by atoms with van der Waals surface area (Å²) in [5.74, 6) is 0. The van der Waals surface area contributed by atoms with Crippen molar-refractivity contribution in [2.24, 2.45) is 0 Å². The van der Waals surface area contributed by atoms with Gasteiger partial charge in [-0.1, -0.05) is 27.5 Å². The number of non-ortho nitro benzene ring substituents is 1. The van der Waals surface area contributed by atoms with E-state index < -0.39 is 11.0 Å². The molecule has 0 aromatic heterocycles. The van der Waals surface area contributed by atoms with Gasteiger partial charge < -0.3 is 10.4 Å². The van der Waals surface area contributed by atoms with E-state index in [-0.39, 0.29) is 12.2 Å². The number of hydrogen-bond acceptors (Lipinski definition) is 4. The van der Waals surface area contributed by atoms with E-state index in [0.29, 0.717) is 16.3 Å². The highest BCUT2D eigenvalue weighted by atomic mass is 79.9. The second-order valence-corrected chi connectivity index (χ2v) is 5.69. The Morgan fingerprint density at radius 3 is 2.57 bits per heavy atom. The number of aliphatic hydroxyl groups excluding tert-OH is 1. The molecule has 0 amide bonds. The summed E-state index contributed by atoms with van der Waals surface area (Å²) >= 11 is 9.39. The third-order valence-corrected chi connectivity index (χ3v) is 3.73. The van der Waals surface area contributed by atoms with Gasteiger partial charge in [0.15, 0.2) is 0 Å². The van der Waals surface area contributed by atoms with Gasteiger partial charge in [-0.05, 0) is 35.9 Å². The Kier molecular flexibility index (Phi) is 5.17. The van der Waals surface area contributed by atoms with Crippen molar-refractivity contribution in [2.75, 3.05) is 11.9 Å². The minimum atomic E-state index is -0.791. The molecule has 0 heterocycles. The predicted octanol–water partition coefficient (Wildman–Crippen LogP) is 4.16. The van der Waals surface area contributed by atoms with Gasteiger partial charge in [-0.2, -0.15) is 0 Å². The number of aliphatic hydroxyl groups is 1. The number of benzene rings is 2. The van der Waals surface area contributed by atoms with Crippen LogP contribution in [-0.2, 0) is 0 Å². The molecule has 2 aromatic carbocycles. The molecule has 0 aliphatic heterocycles. The van der Waals surface area contributed by atoms with Crippen molar-refractivity contribution in [3.05, 3.63) is 67.6 Å². The molecule has 2 rings (SSSR count). The molecular formula is C14H12BrClN2O3. The number of nitrogens with zero attached hydrogens (tertiary/aromatic N) is 1. The average molecular weight is 372 g/mol. The smallest absolute Gasteiger partial charge is 0.269 e. The first-order chi connectivity index (χ1) is 9.97. The quantitative estimate of drug-likeness (QED) is 0.611. The van der Waals surface area contributed by atoms with E-state index in [9.17, 15) is 15.2 Å². The van der Waals surface area contributed by atoms with E-state index in [0.717, 1.165) is 4.47 Å². The van der Waals surface area contributed by atoms with Crippen LogP contribution < -0.4 is 5.32 Å². The lowest BCUT2D eigenvalue weighted by Gasteiger charge is -2.14. The molecule has 0 fully saturated rings. The fourth-order valence-corrected chi connectivity index (χ4v) is 2.32. The van der Waals surface area contributed by atoms with Crippen molar-refractivity contribution >= 4 is 38.9 Å². The zero-order chi connectivity index (χ0) is 15.4. The van der Waals surface area contributed by atoms with Crippen LogP contribution in [0.4, 0.5) is 11.4 Å². The second-order valence-electron chi connectivity index (χ2n) is 4.37. The summed E-state index contributed by atoms with van der Waals surface area (Å²) in [6, 6.07) is 11.2. The molecule has 0 saturated carbocycles. The lowest BCUT2D eigenvalue weighted by molar-refractivity contribution is -0.384. The lowest BCUT2D eigenvalue weighted by Crippen LogP contribution is -2.12. The standard InChI is InChI=1S/C14H12BrClN2O3/c15-10-3-6-12(16)13(7-10)17-8-14(19)9-1-4-11(5-2-9)18(20)21/h1-7,14,17,19H,8H2. The van der Waals surface area contributed by atoms with Crippen molar-refractivity contribution < 1.29 is 10.0 Å². The van der Waals surface area contributed by atoms with Crippen LogP contribution >= 0.6 is 27.5 Å². The van der Waals surface area contributed by atoms with Gasteiger partial charge in [-0.15, -0.1) is 0 Å². The summed E-state index contributed by atoms with van der Waals surface area (Å²) in [5.41, 5.74) is 1.29. The van der Waals surface area contributed by atoms with Crippen LogP contribution in [0.1, 0.15) is 11.7 Å². The van der Waals surface area contributed by atoms with Gasteiger partial charge in [0.05, 0.1) is 21.7 Å². The molecule has 1 unspecified atom stereocenters. The topological polar surface area (TPSA) is 75.4 Å². The number of nitro groups is 1. The number of nitrogens with one attached hydrogen (secondary N) is 1. The van der Waals surface area contributed by atoms with Gasteiger partial charge in [0, 0.05) is 23.2 Å². The van der Waals surface area contributed by atoms with E-state index in [1.165, 1.54) is 24.3 Å². The summed E-state index contributed by atoms with van der Waals surface area (Å²) in [5, 5.41) is 24.3. The number of rotatable bonds is 5. The normalized spacial score (nSPS) is 12.0. The highest BCUT2D eigenvalue weighted by Gasteiger charge is 2.11. The van der Waals surface area contributed by atoms with Gasteiger partial charge in [-0.25, -0.2) is 0 Å². The molecule has 0 spiro atoms. The van der Waals surface area contributed by atoms with Crippen molar-refractivity contribution in [1.82, 2.24) is 0 Å². The summed E-state index contributed by atoms with van der Waals surface area (Å²) in [7, 11) is 0. The number of anilines is 1. The molecule has 1 atom stereocenters. The van der Waals surface area contributed by atoms with Gasteiger partial charge in [0.2, 0.25) is 0 Å². The molecule has 0 bridgehead atoms. The molecular weight excluding hydrogens is 360 g/mol. The van der Waals surface area contributed by atoms with Crippen LogP contribution in [0.15, 0.2) is 46.9 Å². The van der Waals surface area contributed by atoms with E-state index >= 15 is 0 Å². The van der Waals surface area contributed by atoms with Gasteiger partial charge >= 0.3 is 0 Å². The Hall–Kier alpha value is -1.63. The fraction of sp³-hybridized carbons (Fsp3) is 0.143. The third kappa shape index (κ3) is 4.17. The summed E-state index contributed by atoms with van der Waals surface area (Å²) < 4.78 is 0.874. The maximum atomic E-state index is 10.6. The minimum absolute atomic E-state index is 0.00561. The third-order valence-electron chi connectivity index (χ3n) is 2.90. The first-order valence-electron chi connectivity index (χ1n) is 6.08. The Bertz CT molecular complexity index is 649. The number of nitro benzene ring substituents is 1. The van der Waals surface area contributed by atoms with Crippen molar-refractivity contribution in [2.45, 2.75) is 6.10 Å². The van der Waals surface area contributed by atoms with Crippen LogP contribution in [0, 0.1) is 10.1 Å². The van der Waals surface area contributed by atoms with Crippen LogP contribution in [0.2, 0.25) is 5.02 Å². The molecule has 7 heteroatoms. The second kappa shape index (κ2) is 6.89. The molecule has 5 nitrogen and oxygen atoms in total. The number of halogens is 2. The number of hydrogen-bond donors (Lipinski definition) is 2. The lowest BCUT2D eigenvalue weighted by atomic mass is 10.1. The fourth-order valence-electron chi connectivity index (χ4n) is 1.78. The molecule has 2 N–H and O–H groups in total. The predicted molar refractivity (Wildman–Crippen MR) is 85.7 cm³/mol. The van der Waals surface area contributed by atoms with Crippen molar-refractivity contribution in [3.63, 3.8) is 0 Å². The van der Waals surface area contributed by atoms with Gasteiger partial charge in [0.1, 0.15) is 0 Å². The SMILES string of the molecule is O=[N+]([O-])c1ccc(C(O)CNc2cc(Br)ccc2Cl)cc1. The van der Waals surface area contributed by atoms with E-state index in [1.54, 1.807) is 6.07 Å². The molecule has 21 heavy (non-hydrogen) atoms. The van der Waals surface area contributed by atoms with Gasteiger partial charge in [0.25, 0.3) is 5.69 Å². The van der Waals surface area contributed by atoms with Crippen molar-refractivity contribution in [1.29, 1.82) is 0 Å². The average Bonchev–Trinajstić information content (AvgIpc) is 2.48. The highest BCUT2D eigenvalue weighted by molar-refractivity contribution is 9.10.